The van der Waals surface area contributed by atoms with Crippen molar-refractivity contribution in [1.29, 1.82) is 0 Å². The summed E-state index contributed by atoms with van der Waals surface area (Å²) in [6, 6.07) is 1.44. The SMILES string of the molecule is C1COCC(NC2CCC3CCCCC3C2)C1. The number of rotatable bonds is 2. The lowest BCUT2D eigenvalue weighted by atomic mass is 9.69. The van der Waals surface area contributed by atoms with Crippen molar-refractivity contribution >= 4 is 0 Å². The zero-order valence-electron chi connectivity index (χ0n) is 11.0. The molecular formula is C15H27NO. The van der Waals surface area contributed by atoms with Gasteiger partial charge in [-0.05, 0) is 43.9 Å². The third kappa shape index (κ3) is 3.03. The average Bonchev–Trinajstić information content (AvgIpc) is 2.40. The van der Waals surface area contributed by atoms with E-state index in [1.165, 1.54) is 57.8 Å². The molecule has 3 rings (SSSR count). The molecule has 0 aromatic heterocycles. The van der Waals surface area contributed by atoms with Crippen LogP contribution in [0.3, 0.4) is 0 Å². The Hall–Kier alpha value is -0.0800. The normalized spacial score (nSPS) is 43.1. The predicted molar refractivity (Wildman–Crippen MR) is 70.1 cm³/mol. The van der Waals surface area contributed by atoms with E-state index >= 15 is 0 Å². The lowest BCUT2D eigenvalue weighted by Gasteiger charge is -2.41. The molecule has 3 fully saturated rings. The van der Waals surface area contributed by atoms with Crippen LogP contribution in [0.2, 0.25) is 0 Å². The lowest BCUT2D eigenvalue weighted by Crippen LogP contribution is -2.46. The van der Waals surface area contributed by atoms with Crippen LogP contribution in [-0.4, -0.2) is 25.3 Å². The Kier molecular flexibility index (Phi) is 4.02. The van der Waals surface area contributed by atoms with Gasteiger partial charge in [0.05, 0.1) is 6.61 Å². The number of nitrogens with one attached hydrogen (secondary N) is 1. The highest BCUT2D eigenvalue weighted by Gasteiger charge is 2.32. The van der Waals surface area contributed by atoms with Crippen LogP contribution in [0.1, 0.15) is 57.8 Å². The van der Waals surface area contributed by atoms with Crippen molar-refractivity contribution in [3.05, 3.63) is 0 Å². The topological polar surface area (TPSA) is 21.3 Å². The van der Waals surface area contributed by atoms with Gasteiger partial charge in [-0.15, -0.1) is 0 Å². The second-order valence-electron chi connectivity index (χ2n) is 6.40. The van der Waals surface area contributed by atoms with Gasteiger partial charge in [0.25, 0.3) is 0 Å². The van der Waals surface area contributed by atoms with Crippen LogP contribution in [0.5, 0.6) is 0 Å². The van der Waals surface area contributed by atoms with E-state index < -0.39 is 0 Å². The molecule has 1 N–H and O–H groups in total. The van der Waals surface area contributed by atoms with Gasteiger partial charge in [-0.2, -0.15) is 0 Å². The molecule has 0 radical (unpaired) electrons. The molecule has 2 nitrogen and oxygen atoms in total. The van der Waals surface area contributed by atoms with Crippen LogP contribution in [-0.2, 0) is 4.74 Å². The van der Waals surface area contributed by atoms with Crippen molar-refractivity contribution in [1.82, 2.24) is 5.32 Å². The van der Waals surface area contributed by atoms with Gasteiger partial charge < -0.3 is 10.1 Å². The van der Waals surface area contributed by atoms with Crippen molar-refractivity contribution < 1.29 is 4.74 Å². The van der Waals surface area contributed by atoms with Gasteiger partial charge in [0.1, 0.15) is 0 Å². The summed E-state index contributed by atoms with van der Waals surface area (Å²) in [5, 5.41) is 3.87. The summed E-state index contributed by atoms with van der Waals surface area (Å²) >= 11 is 0. The first kappa shape index (κ1) is 12.0. The van der Waals surface area contributed by atoms with E-state index in [0.717, 1.165) is 31.1 Å². The largest absolute Gasteiger partial charge is 0.380 e. The zero-order valence-corrected chi connectivity index (χ0v) is 11.0. The van der Waals surface area contributed by atoms with Gasteiger partial charge in [0, 0.05) is 18.7 Å². The Morgan fingerprint density at radius 2 is 1.65 bits per heavy atom. The van der Waals surface area contributed by atoms with Crippen molar-refractivity contribution in [2.24, 2.45) is 11.8 Å². The summed E-state index contributed by atoms with van der Waals surface area (Å²) in [6.07, 6.45) is 12.9. The highest BCUT2D eigenvalue weighted by atomic mass is 16.5. The first-order chi connectivity index (χ1) is 8.42. The molecule has 2 aliphatic carbocycles. The van der Waals surface area contributed by atoms with Crippen LogP contribution in [0.15, 0.2) is 0 Å². The van der Waals surface area contributed by atoms with Gasteiger partial charge >= 0.3 is 0 Å². The molecule has 98 valence electrons. The maximum atomic E-state index is 5.57. The minimum atomic E-state index is 0.647. The summed E-state index contributed by atoms with van der Waals surface area (Å²) in [5.74, 6) is 2.11. The van der Waals surface area contributed by atoms with E-state index in [1.807, 2.05) is 0 Å². The van der Waals surface area contributed by atoms with E-state index in [-0.39, 0.29) is 0 Å². The minimum absolute atomic E-state index is 0.647. The molecule has 0 aromatic carbocycles. The second-order valence-corrected chi connectivity index (χ2v) is 6.40. The molecule has 4 atom stereocenters. The second kappa shape index (κ2) is 5.71. The van der Waals surface area contributed by atoms with Crippen LogP contribution in [0.25, 0.3) is 0 Å². The van der Waals surface area contributed by atoms with Crippen molar-refractivity contribution in [2.75, 3.05) is 13.2 Å². The molecule has 0 spiro atoms. The first-order valence-corrected chi connectivity index (χ1v) is 7.75. The Labute approximate surface area is 105 Å². The minimum Gasteiger partial charge on any atom is -0.380 e. The number of hydrogen-bond donors (Lipinski definition) is 1. The maximum absolute atomic E-state index is 5.57. The molecule has 17 heavy (non-hydrogen) atoms. The summed E-state index contributed by atoms with van der Waals surface area (Å²) in [6.45, 7) is 1.93. The predicted octanol–water partition coefficient (Wildman–Crippen LogP) is 3.11. The molecule has 1 aliphatic heterocycles. The molecule has 1 heterocycles. The van der Waals surface area contributed by atoms with E-state index in [4.69, 9.17) is 4.74 Å². The molecule has 3 aliphatic rings. The monoisotopic (exact) mass is 237 g/mol. The van der Waals surface area contributed by atoms with E-state index in [0.29, 0.717) is 6.04 Å². The van der Waals surface area contributed by atoms with Gasteiger partial charge in [0.15, 0.2) is 0 Å². The fraction of sp³-hybridized carbons (Fsp3) is 1.00. The molecule has 2 saturated carbocycles. The fourth-order valence-electron chi connectivity index (χ4n) is 4.23. The standard InChI is InChI=1S/C15H27NO/c1-2-5-13-10-14(8-7-12(13)4-1)16-15-6-3-9-17-11-15/h12-16H,1-11H2. The summed E-state index contributed by atoms with van der Waals surface area (Å²) in [7, 11) is 0. The molecule has 1 saturated heterocycles. The smallest absolute Gasteiger partial charge is 0.0619 e. The number of ether oxygens (including phenoxy) is 1. The molecule has 2 heteroatoms. The molecular weight excluding hydrogens is 210 g/mol. The van der Waals surface area contributed by atoms with Gasteiger partial charge in [0.2, 0.25) is 0 Å². The molecule has 0 amide bonds. The fourth-order valence-corrected chi connectivity index (χ4v) is 4.23. The summed E-state index contributed by atoms with van der Waals surface area (Å²) < 4.78 is 5.57. The van der Waals surface area contributed by atoms with Crippen molar-refractivity contribution in [3.8, 4) is 0 Å². The highest BCUT2D eigenvalue weighted by molar-refractivity contribution is 4.88. The van der Waals surface area contributed by atoms with Gasteiger partial charge in [-0.1, -0.05) is 25.7 Å². The van der Waals surface area contributed by atoms with Crippen LogP contribution >= 0.6 is 0 Å². The Morgan fingerprint density at radius 1 is 0.765 bits per heavy atom. The number of fused-ring (bicyclic) bond motifs is 1. The Morgan fingerprint density at radius 3 is 2.47 bits per heavy atom. The molecule has 0 bridgehead atoms. The van der Waals surface area contributed by atoms with Crippen molar-refractivity contribution in [3.63, 3.8) is 0 Å². The average molecular weight is 237 g/mol. The van der Waals surface area contributed by atoms with E-state index in [1.54, 1.807) is 0 Å². The zero-order chi connectivity index (χ0) is 11.5. The Balaban J connectivity index is 1.48. The van der Waals surface area contributed by atoms with Gasteiger partial charge in [-0.3, -0.25) is 0 Å². The third-order valence-corrected chi connectivity index (χ3v) is 5.17. The van der Waals surface area contributed by atoms with Crippen LogP contribution < -0.4 is 5.32 Å². The highest BCUT2D eigenvalue weighted by Crippen LogP contribution is 2.40. The molecule has 0 aromatic rings. The third-order valence-electron chi connectivity index (χ3n) is 5.17. The van der Waals surface area contributed by atoms with Crippen molar-refractivity contribution in [2.45, 2.75) is 69.9 Å². The number of hydrogen-bond acceptors (Lipinski definition) is 2. The molecule has 4 unspecified atom stereocenters. The Bertz CT molecular complexity index is 235. The van der Waals surface area contributed by atoms with E-state index in [2.05, 4.69) is 5.32 Å². The van der Waals surface area contributed by atoms with Crippen LogP contribution in [0.4, 0.5) is 0 Å². The van der Waals surface area contributed by atoms with Gasteiger partial charge in [-0.25, -0.2) is 0 Å². The van der Waals surface area contributed by atoms with Crippen LogP contribution in [0, 0.1) is 11.8 Å². The lowest BCUT2D eigenvalue weighted by molar-refractivity contribution is 0.0567. The first-order valence-electron chi connectivity index (χ1n) is 7.75. The summed E-state index contributed by atoms with van der Waals surface area (Å²) in [5.41, 5.74) is 0. The quantitative estimate of drug-likeness (QED) is 0.797. The summed E-state index contributed by atoms with van der Waals surface area (Å²) in [4.78, 5) is 0. The van der Waals surface area contributed by atoms with E-state index in [9.17, 15) is 0 Å². The maximum Gasteiger partial charge on any atom is 0.0619 e.